The highest BCUT2D eigenvalue weighted by Gasteiger charge is 2.18. The predicted molar refractivity (Wildman–Crippen MR) is 95.1 cm³/mol. The van der Waals surface area contributed by atoms with Crippen LogP contribution in [0.5, 0.6) is 11.5 Å². The van der Waals surface area contributed by atoms with Gasteiger partial charge in [0.25, 0.3) is 0 Å². The molecule has 2 aromatic carbocycles. The van der Waals surface area contributed by atoms with Gasteiger partial charge in [0.05, 0.1) is 14.2 Å². The molecular weight excluding hydrogens is 320 g/mol. The third-order valence-corrected chi connectivity index (χ3v) is 3.54. The van der Waals surface area contributed by atoms with E-state index in [2.05, 4.69) is 5.32 Å². The first-order valence-electron chi connectivity index (χ1n) is 7.60. The third-order valence-electron chi connectivity index (χ3n) is 3.54. The van der Waals surface area contributed by atoms with Crippen molar-refractivity contribution < 1.29 is 19.1 Å². The number of benzene rings is 2. The van der Waals surface area contributed by atoms with E-state index in [1.807, 2.05) is 6.07 Å². The Morgan fingerprint density at radius 1 is 1.04 bits per heavy atom. The van der Waals surface area contributed by atoms with Crippen molar-refractivity contribution in [3.8, 4) is 11.5 Å². The molecule has 0 radical (unpaired) electrons. The standard InChI is InChI=1S/C19H20N2O4/c1-24-15-10-8-13(12-16(15)25-2)9-11-17(22)21-18(19(20)23)14-6-4-3-5-7-14/h3-12,18H,1-2H3,(H2,20,23)(H,21,22)/b11-9+. The summed E-state index contributed by atoms with van der Waals surface area (Å²) in [5.41, 5.74) is 6.77. The molecule has 3 N–H and O–H groups in total. The van der Waals surface area contributed by atoms with E-state index < -0.39 is 17.9 Å². The number of methoxy groups -OCH3 is 2. The summed E-state index contributed by atoms with van der Waals surface area (Å²) < 4.78 is 10.4. The van der Waals surface area contributed by atoms with Gasteiger partial charge in [0.2, 0.25) is 11.8 Å². The molecule has 0 saturated carbocycles. The number of nitrogens with one attached hydrogen (secondary N) is 1. The summed E-state index contributed by atoms with van der Waals surface area (Å²) in [7, 11) is 3.09. The molecular formula is C19H20N2O4. The van der Waals surface area contributed by atoms with E-state index in [9.17, 15) is 9.59 Å². The second-order valence-electron chi connectivity index (χ2n) is 5.20. The monoisotopic (exact) mass is 340 g/mol. The third kappa shape index (κ3) is 4.84. The van der Waals surface area contributed by atoms with Gasteiger partial charge in [-0.2, -0.15) is 0 Å². The highest BCUT2D eigenvalue weighted by Crippen LogP contribution is 2.27. The van der Waals surface area contributed by atoms with Crippen LogP contribution in [0, 0.1) is 0 Å². The smallest absolute Gasteiger partial charge is 0.244 e. The molecule has 2 rings (SSSR count). The van der Waals surface area contributed by atoms with Crippen molar-refractivity contribution in [2.75, 3.05) is 14.2 Å². The van der Waals surface area contributed by atoms with Gasteiger partial charge in [-0.05, 0) is 29.3 Å². The fourth-order valence-corrected chi connectivity index (χ4v) is 2.28. The van der Waals surface area contributed by atoms with E-state index in [1.165, 1.54) is 13.2 Å². The predicted octanol–water partition coefficient (Wildman–Crippen LogP) is 2.06. The van der Waals surface area contributed by atoms with E-state index in [1.54, 1.807) is 55.7 Å². The molecule has 0 bridgehead atoms. The lowest BCUT2D eigenvalue weighted by Gasteiger charge is -2.14. The van der Waals surface area contributed by atoms with Crippen LogP contribution in [0.3, 0.4) is 0 Å². The van der Waals surface area contributed by atoms with Crippen molar-refractivity contribution in [1.82, 2.24) is 5.32 Å². The molecule has 0 aliphatic heterocycles. The summed E-state index contributed by atoms with van der Waals surface area (Å²) in [5, 5.41) is 2.60. The highest BCUT2D eigenvalue weighted by molar-refractivity contribution is 5.95. The highest BCUT2D eigenvalue weighted by atomic mass is 16.5. The zero-order valence-corrected chi connectivity index (χ0v) is 14.1. The Morgan fingerprint density at radius 2 is 1.72 bits per heavy atom. The van der Waals surface area contributed by atoms with E-state index in [0.717, 1.165) is 5.56 Å². The molecule has 0 fully saturated rings. The summed E-state index contributed by atoms with van der Waals surface area (Å²) in [6, 6.07) is 13.2. The van der Waals surface area contributed by atoms with Crippen molar-refractivity contribution >= 4 is 17.9 Å². The average molecular weight is 340 g/mol. The molecule has 0 aliphatic rings. The molecule has 1 atom stereocenters. The van der Waals surface area contributed by atoms with E-state index in [-0.39, 0.29) is 0 Å². The topological polar surface area (TPSA) is 90.6 Å². The SMILES string of the molecule is COc1ccc(/C=C/C(=O)NC(C(N)=O)c2ccccc2)cc1OC. The van der Waals surface area contributed by atoms with Gasteiger partial charge in [0.1, 0.15) is 6.04 Å². The van der Waals surface area contributed by atoms with Gasteiger partial charge in [-0.25, -0.2) is 0 Å². The minimum Gasteiger partial charge on any atom is -0.493 e. The fraction of sp³-hybridized carbons (Fsp3) is 0.158. The number of primary amides is 1. The molecule has 0 spiro atoms. The Morgan fingerprint density at radius 3 is 2.32 bits per heavy atom. The van der Waals surface area contributed by atoms with Crippen molar-refractivity contribution in [2.45, 2.75) is 6.04 Å². The Balaban J connectivity index is 2.10. The summed E-state index contributed by atoms with van der Waals surface area (Å²) in [5.74, 6) is 0.104. The van der Waals surface area contributed by atoms with Crippen LogP contribution in [0.1, 0.15) is 17.2 Å². The van der Waals surface area contributed by atoms with Crippen LogP contribution in [0.2, 0.25) is 0 Å². The van der Waals surface area contributed by atoms with Gasteiger partial charge in [-0.15, -0.1) is 0 Å². The summed E-state index contributed by atoms with van der Waals surface area (Å²) in [6.45, 7) is 0. The van der Waals surface area contributed by atoms with Crippen LogP contribution >= 0.6 is 0 Å². The van der Waals surface area contributed by atoms with E-state index in [4.69, 9.17) is 15.2 Å². The number of hydrogen-bond donors (Lipinski definition) is 2. The number of rotatable bonds is 7. The Hall–Kier alpha value is -3.28. The van der Waals surface area contributed by atoms with Crippen LogP contribution in [-0.4, -0.2) is 26.0 Å². The molecule has 0 heterocycles. The molecule has 6 heteroatoms. The number of amides is 2. The molecule has 0 saturated heterocycles. The maximum Gasteiger partial charge on any atom is 0.244 e. The Labute approximate surface area is 146 Å². The number of ether oxygens (including phenoxy) is 2. The minimum atomic E-state index is -0.885. The van der Waals surface area contributed by atoms with Crippen LogP contribution in [-0.2, 0) is 9.59 Å². The molecule has 1 unspecified atom stereocenters. The number of nitrogens with two attached hydrogens (primary N) is 1. The van der Waals surface area contributed by atoms with Crippen molar-refractivity contribution in [2.24, 2.45) is 5.73 Å². The Kier molecular flexibility index (Phi) is 6.17. The number of carbonyl (C=O) groups is 2. The van der Waals surface area contributed by atoms with Gasteiger partial charge in [-0.1, -0.05) is 36.4 Å². The zero-order valence-electron chi connectivity index (χ0n) is 14.1. The largest absolute Gasteiger partial charge is 0.493 e. The summed E-state index contributed by atoms with van der Waals surface area (Å²) in [4.78, 5) is 23.7. The normalized spacial score (nSPS) is 11.8. The zero-order chi connectivity index (χ0) is 18.2. The van der Waals surface area contributed by atoms with Crippen LogP contribution < -0.4 is 20.5 Å². The first kappa shape index (κ1) is 18.1. The van der Waals surface area contributed by atoms with Crippen LogP contribution in [0.15, 0.2) is 54.6 Å². The van der Waals surface area contributed by atoms with Gasteiger partial charge < -0.3 is 20.5 Å². The first-order valence-corrected chi connectivity index (χ1v) is 7.60. The molecule has 2 aromatic rings. The molecule has 130 valence electrons. The molecule has 25 heavy (non-hydrogen) atoms. The second kappa shape index (κ2) is 8.54. The number of hydrogen-bond acceptors (Lipinski definition) is 4. The second-order valence-corrected chi connectivity index (χ2v) is 5.20. The van der Waals surface area contributed by atoms with Gasteiger partial charge >= 0.3 is 0 Å². The van der Waals surface area contributed by atoms with E-state index >= 15 is 0 Å². The van der Waals surface area contributed by atoms with Crippen molar-refractivity contribution in [1.29, 1.82) is 0 Å². The lowest BCUT2D eigenvalue weighted by atomic mass is 10.1. The first-order chi connectivity index (χ1) is 12.0. The average Bonchev–Trinajstić information content (AvgIpc) is 2.64. The van der Waals surface area contributed by atoms with Gasteiger partial charge in [0.15, 0.2) is 11.5 Å². The fourth-order valence-electron chi connectivity index (χ4n) is 2.28. The maximum absolute atomic E-state index is 12.1. The number of carbonyl (C=O) groups excluding carboxylic acids is 2. The van der Waals surface area contributed by atoms with Crippen molar-refractivity contribution in [3.63, 3.8) is 0 Å². The summed E-state index contributed by atoms with van der Waals surface area (Å²) in [6.07, 6.45) is 2.94. The lowest BCUT2D eigenvalue weighted by Crippen LogP contribution is -2.36. The van der Waals surface area contributed by atoms with Crippen LogP contribution in [0.4, 0.5) is 0 Å². The van der Waals surface area contributed by atoms with Gasteiger partial charge in [-0.3, -0.25) is 9.59 Å². The molecule has 2 amide bonds. The lowest BCUT2D eigenvalue weighted by molar-refractivity contribution is -0.125. The van der Waals surface area contributed by atoms with E-state index in [0.29, 0.717) is 17.1 Å². The maximum atomic E-state index is 12.1. The molecule has 0 aromatic heterocycles. The molecule has 0 aliphatic carbocycles. The quantitative estimate of drug-likeness (QED) is 0.755. The van der Waals surface area contributed by atoms with Crippen LogP contribution in [0.25, 0.3) is 6.08 Å². The Bertz CT molecular complexity index is 772. The van der Waals surface area contributed by atoms with Crippen molar-refractivity contribution in [3.05, 3.63) is 65.7 Å². The summed E-state index contributed by atoms with van der Waals surface area (Å²) >= 11 is 0. The van der Waals surface area contributed by atoms with Gasteiger partial charge in [0, 0.05) is 6.08 Å². The minimum absolute atomic E-state index is 0.428. The molecule has 6 nitrogen and oxygen atoms in total.